The normalized spacial score (nSPS) is 10.4. The summed E-state index contributed by atoms with van der Waals surface area (Å²) in [5.74, 6) is 0.922. The van der Waals surface area contributed by atoms with Gasteiger partial charge < -0.3 is 14.8 Å². The standard InChI is InChI=1S/C19H20N4O3/c1-3-25-14-7-8-18(26-4-2)16(10-14)21-19(24)17-11-15(22-23-17)13-6-5-9-20-12-13/h5-12H,3-4H2,1-2H3,(H,21,24)(H,22,23). The number of hydrogen-bond donors (Lipinski definition) is 2. The summed E-state index contributed by atoms with van der Waals surface area (Å²) in [4.78, 5) is 16.6. The largest absolute Gasteiger partial charge is 0.494 e. The first-order valence-corrected chi connectivity index (χ1v) is 8.38. The zero-order valence-corrected chi connectivity index (χ0v) is 14.7. The van der Waals surface area contributed by atoms with Gasteiger partial charge in [-0.25, -0.2) is 0 Å². The lowest BCUT2D eigenvalue weighted by molar-refractivity contribution is 0.102. The van der Waals surface area contributed by atoms with Gasteiger partial charge in [-0.05, 0) is 44.2 Å². The van der Waals surface area contributed by atoms with E-state index < -0.39 is 0 Å². The van der Waals surface area contributed by atoms with Crippen LogP contribution in [0, 0.1) is 0 Å². The summed E-state index contributed by atoms with van der Waals surface area (Å²) in [6, 6.07) is 10.7. The summed E-state index contributed by atoms with van der Waals surface area (Å²) in [7, 11) is 0. The number of nitrogens with one attached hydrogen (secondary N) is 2. The van der Waals surface area contributed by atoms with Crippen LogP contribution in [0.3, 0.4) is 0 Å². The van der Waals surface area contributed by atoms with Crippen LogP contribution < -0.4 is 14.8 Å². The average molecular weight is 352 g/mol. The quantitative estimate of drug-likeness (QED) is 0.679. The summed E-state index contributed by atoms with van der Waals surface area (Å²) < 4.78 is 11.1. The fourth-order valence-corrected chi connectivity index (χ4v) is 2.43. The van der Waals surface area contributed by atoms with E-state index in [2.05, 4.69) is 20.5 Å². The number of anilines is 1. The molecule has 0 spiro atoms. The lowest BCUT2D eigenvalue weighted by Crippen LogP contribution is -2.13. The Morgan fingerprint density at radius 3 is 2.73 bits per heavy atom. The highest BCUT2D eigenvalue weighted by atomic mass is 16.5. The third-order valence-electron chi connectivity index (χ3n) is 3.59. The Bertz CT molecular complexity index is 878. The number of rotatable bonds is 7. The lowest BCUT2D eigenvalue weighted by Gasteiger charge is -2.13. The molecule has 7 nitrogen and oxygen atoms in total. The van der Waals surface area contributed by atoms with Crippen LogP contribution in [0.4, 0.5) is 5.69 Å². The number of aromatic nitrogens is 3. The highest BCUT2D eigenvalue weighted by Gasteiger charge is 2.14. The molecule has 7 heteroatoms. The van der Waals surface area contributed by atoms with Crippen molar-refractivity contribution >= 4 is 11.6 Å². The molecule has 0 saturated carbocycles. The second-order valence-electron chi connectivity index (χ2n) is 5.39. The van der Waals surface area contributed by atoms with Gasteiger partial charge in [0.1, 0.15) is 17.2 Å². The number of H-pyrrole nitrogens is 1. The predicted octanol–water partition coefficient (Wildman–Crippen LogP) is 3.52. The monoisotopic (exact) mass is 352 g/mol. The van der Waals surface area contributed by atoms with Crippen LogP contribution in [0.15, 0.2) is 48.8 Å². The summed E-state index contributed by atoms with van der Waals surface area (Å²) in [6.07, 6.45) is 3.38. The summed E-state index contributed by atoms with van der Waals surface area (Å²) in [6.45, 7) is 4.82. The van der Waals surface area contributed by atoms with Gasteiger partial charge in [0.25, 0.3) is 5.91 Å². The molecular weight excluding hydrogens is 332 g/mol. The van der Waals surface area contributed by atoms with Crippen LogP contribution in [0.1, 0.15) is 24.3 Å². The van der Waals surface area contributed by atoms with Crippen molar-refractivity contribution in [2.45, 2.75) is 13.8 Å². The summed E-state index contributed by atoms with van der Waals surface area (Å²) in [5.41, 5.74) is 2.36. The first kappa shape index (κ1) is 17.5. The van der Waals surface area contributed by atoms with Crippen LogP contribution in [-0.2, 0) is 0 Å². The van der Waals surface area contributed by atoms with Gasteiger partial charge in [0.2, 0.25) is 0 Å². The first-order chi connectivity index (χ1) is 12.7. The highest BCUT2D eigenvalue weighted by Crippen LogP contribution is 2.30. The van der Waals surface area contributed by atoms with E-state index in [1.165, 1.54) is 0 Å². The third-order valence-corrected chi connectivity index (χ3v) is 3.59. The molecule has 0 saturated heterocycles. The van der Waals surface area contributed by atoms with E-state index >= 15 is 0 Å². The van der Waals surface area contributed by atoms with Crippen LogP contribution in [0.2, 0.25) is 0 Å². The van der Waals surface area contributed by atoms with Crippen molar-refractivity contribution in [2.24, 2.45) is 0 Å². The molecule has 1 amide bonds. The molecule has 0 unspecified atom stereocenters. The summed E-state index contributed by atoms with van der Waals surface area (Å²) in [5, 5.41) is 9.77. The number of pyridine rings is 1. The molecule has 0 atom stereocenters. The molecule has 3 rings (SSSR count). The molecule has 2 aromatic heterocycles. The minimum atomic E-state index is -0.317. The van der Waals surface area contributed by atoms with Gasteiger partial charge in [-0.1, -0.05) is 0 Å². The minimum absolute atomic E-state index is 0.317. The Labute approximate surface area is 151 Å². The van der Waals surface area contributed by atoms with Gasteiger partial charge in [0.15, 0.2) is 0 Å². The van der Waals surface area contributed by atoms with Crippen LogP contribution in [-0.4, -0.2) is 34.3 Å². The second kappa shape index (κ2) is 8.15. The Hall–Kier alpha value is -3.35. The molecule has 2 N–H and O–H groups in total. The number of amides is 1. The molecule has 2 heterocycles. The first-order valence-electron chi connectivity index (χ1n) is 8.38. The maximum Gasteiger partial charge on any atom is 0.273 e. The second-order valence-corrected chi connectivity index (χ2v) is 5.39. The number of hydrogen-bond acceptors (Lipinski definition) is 5. The number of nitrogens with zero attached hydrogens (tertiary/aromatic N) is 2. The van der Waals surface area contributed by atoms with Gasteiger partial charge >= 0.3 is 0 Å². The van der Waals surface area contributed by atoms with Crippen LogP contribution in [0.25, 0.3) is 11.3 Å². The van der Waals surface area contributed by atoms with Crippen molar-refractivity contribution in [2.75, 3.05) is 18.5 Å². The molecule has 0 radical (unpaired) electrons. The fraction of sp³-hybridized carbons (Fsp3) is 0.211. The van der Waals surface area contributed by atoms with Crippen molar-refractivity contribution in [1.29, 1.82) is 0 Å². The molecule has 0 aliphatic rings. The van der Waals surface area contributed by atoms with Crippen LogP contribution >= 0.6 is 0 Å². The average Bonchev–Trinajstić information content (AvgIpc) is 3.15. The topological polar surface area (TPSA) is 89.1 Å². The molecule has 134 valence electrons. The van der Waals surface area contributed by atoms with Gasteiger partial charge in [0, 0.05) is 24.0 Å². The zero-order chi connectivity index (χ0) is 18.4. The smallest absolute Gasteiger partial charge is 0.273 e. The van der Waals surface area contributed by atoms with E-state index in [0.29, 0.717) is 41.8 Å². The van der Waals surface area contributed by atoms with Crippen molar-refractivity contribution in [1.82, 2.24) is 15.2 Å². The van der Waals surface area contributed by atoms with Crippen LogP contribution in [0.5, 0.6) is 11.5 Å². The van der Waals surface area contributed by atoms with Gasteiger partial charge in [0.05, 0.1) is 24.6 Å². The molecule has 0 bridgehead atoms. The van der Waals surface area contributed by atoms with Crippen molar-refractivity contribution in [3.63, 3.8) is 0 Å². The van der Waals surface area contributed by atoms with Gasteiger partial charge in [-0.2, -0.15) is 5.10 Å². The van der Waals surface area contributed by atoms with E-state index in [1.54, 1.807) is 36.7 Å². The van der Waals surface area contributed by atoms with E-state index in [-0.39, 0.29) is 5.91 Å². The molecule has 0 aliphatic heterocycles. The number of ether oxygens (including phenoxy) is 2. The lowest BCUT2D eigenvalue weighted by atomic mass is 10.2. The SMILES string of the molecule is CCOc1ccc(OCC)c(NC(=O)c2cc(-c3cccnc3)n[nH]2)c1. The maximum atomic E-state index is 12.6. The molecule has 0 aliphatic carbocycles. The number of aromatic amines is 1. The molecule has 3 aromatic rings. The van der Waals surface area contributed by atoms with Crippen molar-refractivity contribution in [3.05, 3.63) is 54.5 Å². The van der Waals surface area contributed by atoms with E-state index in [0.717, 1.165) is 5.56 Å². The fourth-order valence-electron chi connectivity index (χ4n) is 2.43. The number of carbonyl (C=O) groups is 1. The molecule has 26 heavy (non-hydrogen) atoms. The Balaban J connectivity index is 1.81. The molecule has 1 aromatic carbocycles. The van der Waals surface area contributed by atoms with Gasteiger partial charge in [-0.3, -0.25) is 14.9 Å². The predicted molar refractivity (Wildman–Crippen MR) is 98.6 cm³/mol. The minimum Gasteiger partial charge on any atom is -0.494 e. The molecular formula is C19H20N4O3. The highest BCUT2D eigenvalue weighted by molar-refractivity contribution is 6.04. The zero-order valence-electron chi connectivity index (χ0n) is 14.7. The van der Waals surface area contributed by atoms with Gasteiger partial charge in [-0.15, -0.1) is 0 Å². The van der Waals surface area contributed by atoms with E-state index in [9.17, 15) is 4.79 Å². The van der Waals surface area contributed by atoms with E-state index in [1.807, 2.05) is 26.0 Å². The Morgan fingerprint density at radius 1 is 1.15 bits per heavy atom. The maximum absolute atomic E-state index is 12.6. The summed E-state index contributed by atoms with van der Waals surface area (Å²) >= 11 is 0. The third kappa shape index (κ3) is 4.00. The van der Waals surface area contributed by atoms with E-state index in [4.69, 9.17) is 9.47 Å². The Morgan fingerprint density at radius 2 is 2.00 bits per heavy atom. The Kier molecular flexibility index (Phi) is 5.48. The molecule has 0 fully saturated rings. The van der Waals surface area contributed by atoms with Crippen molar-refractivity contribution in [3.8, 4) is 22.8 Å². The number of carbonyl (C=O) groups excluding carboxylic acids is 1. The van der Waals surface area contributed by atoms with Crippen molar-refractivity contribution < 1.29 is 14.3 Å². The number of benzene rings is 1.